The fourth-order valence-corrected chi connectivity index (χ4v) is 2.75. The predicted molar refractivity (Wildman–Crippen MR) is 96.3 cm³/mol. The Morgan fingerprint density at radius 3 is 2.28 bits per heavy atom. The maximum Gasteiger partial charge on any atom is 0.341 e. The highest BCUT2D eigenvalue weighted by atomic mass is 16.5. The van der Waals surface area contributed by atoms with Gasteiger partial charge in [0.1, 0.15) is 5.75 Å². The molecule has 132 valence electrons. The number of nitrogens with one attached hydrogen (secondary N) is 1. The van der Waals surface area contributed by atoms with Gasteiger partial charge in [-0.05, 0) is 61.6 Å². The van der Waals surface area contributed by atoms with E-state index in [0.29, 0.717) is 17.9 Å². The molecule has 0 radical (unpaired) electrons. The van der Waals surface area contributed by atoms with Gasteiger partial charge < -0.3 is 15.2 Å². The zero-order valence-electron chi connectivity index (χ0n) is 14.8. The zero-order valence-corrected chi connectivity index (χ0v) is 14.8. The van der Waals surface area contributed by atoms with E-state index in [9.17, 15) is 9.59 Å². The van der Waals surface area contributed by atoms with E-state index in [1.165, 1.54) is 11.1 Å². The van der Waals surface area contributed by atoms with Crippen molar-refractivity contribution in [1.82, 2.24) is 5.32 Å². The Bertz CT molecular complexity index is 760. The minimum Gasteiger partial charge on any atom is -0.481 e. The minimum atomic E-state index is -1.03. The second-order valence-electron chi connectivity index (χ2n) is 6.05. The molecular formula is C20H23NO4. The van der Waals surface area contributed by atoms with Gasteiger partial charge in [-0.1, -0.05) is 24.3 Å². The Hall–Kier alpha value is -2.82. The highest BCUT2D eigenvalue weighted by Gasteiger charge is 2.12. The Morgan fingerprint density at radius 1 is 1.04 bits per heavy atom. The van der Waals surface area contributed by atoms with Crippen LogP contribution in [0.5, 0.6) is 5.75 Å². The van der Waals surface area contributed by atoms with Gasteiger partial charge >= 0.3 is 5.97 Å². The van der Waals surface area contributed by atoms with Gasteiger partial charge in [-0.15, -0.1) is 0 Å². The smallest absolute Gasteiger partial charge is 0.341 e. The molecule has 5 heteroatoms. The molecule has 2 N–H and O–H groups in total. The van der Waals surface area contributed by atoms with Crippen LogP contribution in [0.2, 0.25) is 0 Å². The van der Waals surface area contributed by atoms with Crippen molar-refractivity contribution in [1.29, 1.82) is 0 Å². The maximum absolute atomic E-state index is 12.4. The van der Waals surface area contributed by atoms with E-state index in [2.05, 4.69) is 24.4 Å². The third kappa shape index (κ3) is 5.08. The molecule has 0 heterocycles. The first-order valence-electron chi connectivity index (χ1n) is 8.17. The number of carbonyl (C=O) groups excluding carboxylic acids is 1. The van der Waals surface area contributed by atoms with Crippen molar-refractivity contribution in [2.24, 2.45) is 0 Å². The summed E-state index contributed by atoms with van der Waals surface area (Å²) < 4.78 is 5.28. The normalized spacial score (nSPS) is 10.4. The van der Waals surface area contributed by atoms with Gasteiger partial charge in [0.05, 0.1) is 0 Å². The average molecular weight is 341 g/mol. The molecule has 0 aromatic heterocycles. The van der Waals surface area contributed by atoms with Gasteiger partial charge in [-0.2, -0.15) is 0 Å². The molecule has 0 aliphatic heterocycles. The first-order chi connectivity index (χ1) is 11.9. The van der Waals surface area contributed by atoms with E-state index in [1.54, 1.807) is 26.0 Å². The fraction of sp³-hybridized carbons (Fsp3) is 0.300. The Labute approximate surface area is 147 Å². The lowest BCUT2D eigenvalue weighted by atomic mass is 10.0. The predicted octanol–water partition coefficient (Wildman–Crippen LogP) is 3.05. The number of hydrogen-bond acceptors (Lipinski definition) is 3. The summed E-state index contributed by atoms with van der Waals surface area (Å²) in [4.78, 5) is 23.0. The maximum atomic E-state index is 12.4. The average Bonchev–Trinajstić information content (AvgIpc) is 2.55. The van der Waals surface area contributed by atoms with E-state index in [-0.39, 0.29) is 5.91 Å². The molecule has 0 unspecified atom stereocenters. The van der Waals surface area contributed by atoms with Crippen LogP contribution in [0.4, 0.5) is 0 Å². The van der Waals surface area contributed by atoms with Crippen molar-refractivity contribution < 1.29 is 19.4 Å². The molecule has 0 aliphatic carbocycles. The number of benzene rings is 2. The molecule has 0 atom stereocenters. The first-order valence-corrected chi connectivity index (χ1v) is 8.17. The molecule has 2 rings (SSSR count). The lowest BCUT2D eigenvalue weighted by Crippen LogP contribution is -2.26. The third-order valence-electron chi connectivity index (χ3n) is 4.00. The van der Waals surface area contributed by atoms with Crippen LogP contribution in [0, 0.1) is 20.8 Å². The molecule has 25 heavy (non-hydrogen) atoms. The van der Waals surface area contributed by atoms with E-state index < -0.39 is 12.6 Å². The standard InChI is InChI=1S/C20H23NO4/c1-13-6-4-5-7-16(13)8-9-21-20(24)17-10-14(2)19(15(3)11-17)25-12-18(22)23/h4-7,10-11H,8-9,12H2,1-3H3,(H,21,24)(H,22,23). The molecule has 2 aromatic rings. The molecular weight excluding hydrogens is 318 g/mol. The van der Waals surface area contributed by atoms with Crippen LogP contribution < -0.4 is 10.1 Å². The molecule has 0 saturated carbocycles. The summed E-state index contributed by atoms with van der Waals surface area (Å²) in [6.07, 6.45) is 0.774. The molecule has 0 bridgehead atoms. The summed E-state index contributed by atoms with van der Waals surface area (Å²) in [6.45, 7) is 5.81. The van der Waals surface area contributed by atoms with Crippen molar-refractivity contribution in [3.63, 3.8) is 0 Å². The van der Waals surface area contributed by atoms with Crippen molar-refractivity contribution in [3.8, 4) is 5.75 Å². The molecule has 0 aliphatic rings. The van der Waals surface area contributed by atoms with Gasteiger partial charge in [0.15, 0.2) is 6.61 Å². The van der Waals surface area contributed by atoms with Crippen LogP contribution >= 0.6 is 0 Å². The lowest BCUT2D eigenvalue weighted by Gasteiger charge is -2.13. The van der Waals surface area contributed by atoms with Crippen molar-refractivity contribution in [2.45, 2.75) is 27.2 Å². The number of amides is 1. The molecule has 5 nitrogen and oxygen atoms in total. The van der Waals surface area contributed by atoms with Crippen LogP contribution in [0.15, 0.2) is 36.4 Å². The molecule has 0 saturated heterocycles. The van der Waals surface area contributed by atoms with Crippen LogP contribution in [0.3, 0.4) is 0 Å². The quantitative estimate of drug-likeness (QED) is 0.812. The van der Waals surface area contributed by atoms with Crippen LogP contribution in [-0.2, 0) is 11.2 Å². The third-order valence-corrected chi connectivity index (χ3v) is 4.00. The number of rotatable bonds is 7. The summed E-state index contributed by atoms with van der Waals surface area (Å²) in [7, 11) is 0. The summed E-state index contributed by atoms with van der Waals surface area (Å²) in [5.41, 5.74) is 4.45. The summed E-state index contributed by atoms with van der Waals surface area (Å²) >= 11 is 0. The second-order valence-corrected chi connectivity index (χ2v) is 6.05. The molecule has 0 fully saturated rings. The van der Waals surface area contributed by atoms with Gasteiger partial charge in [-0.25, -0.2) is 4.79 Å². The summed E-state index contributed by atoms with van der Waals surface area (Å²) in [6, 6.07) is 11.5. The van der Waals surface area contributed by atoms with Gasteiger partial charge in [0, 0.05) is 12.1 Å². The highest BCUT2D eigenvalue weighted by molar-refractivity contribution is 5.94. The zero-order chi connectivity index (χ0) is 18.4. The topological polar surface area (TPSA) is 75.6 Å². The number of aliphatic carboxylic acids is 1. The van der Waals surface area contributed by atoms with Gasteiger partial charge in [0.2, 0.25) is 0 Å². The van der Waals surface area contributed by atoms with E-state index in [4.69, 9.17) is 9.84 Å². The SMILES string of the molecule is Cc1ccccc1CCNC(=O)c1cc(C)c(OCC(=O)O)c(C)c1. The second kappa shape index (κ2) is 8.33. The van der Waals surface area contributed by atoms with Gasteiger partial charge in [0.25, 0.3) is 5.91 Å². The Morgan fingerprint density at radius 2 is 1.68 bits per heavy atom. The summed E-state index contributed by atoms with van der Waals surface area (Å²) in [5, 5.41) is 11.6. The minimum absolute atomic E-state index is 0.149. The molecule has 2 aromatic carbocycles. The fourth-order valence-electron chi connectivity index (χ4n) is 2.75. The van der Waals surface area contributed by atoms with E-state index in [1.807, 2.05) is 12.1 Å². The van der Waals surface area contributed by atoms with E-state index >= 15 is 0 Å². The number of ether oxygens (including phenoxy) is 1. The lowest BCUT2D eigenvalue weighted by molar-refractivity contribution is -0.139. The van der Waals surface area contributed by atoms with Crippen molar-refractivity contribution in [3.05, 3.63) is 64.2 Å². The number of carbonyl (C=O) groups is 2. The Kier molecular flexibility index (Phi) is 6.17. The Balaban J connectivity index is 1.99. The molecule has 1 amide bonds. The monoisotopic (exact) mass is 341 g/mol. The van der Waals surface area contributed by atoms with Crippen LogP contribution in [-0.4, -0.2) is 30.1 Å². The number of carboxylic acids is 1. The number of carboxylic acid groups (broad SMARTS) is 1. The van der Waals surface area contributed by atoms with Crippen molar-refractivity contribution in [2.75, 3.05) is 13.2 Å². The van der Waals surface area contributed by atoms with Crippen molar-refractivity contribution >= 4 is 11.9 Å². The summed E-state index contributed by atoms with van der Waals surface area (Å²) in [5.74, 6) is -0.666. The first kappa shape index (κ1) is 18.5. The van der Waals surface area contributed by atoms with E-state index in [0.717, 1.165) is 17.5 Å². The largest absolute Gasteiger partial charge is 0.481 e. The molecule has 0 spiro atoms. The highest BCUT2D eigenvalue weighted by Crippen LogP contribution is 2.24. The number of aryl methyl sites for hydroxylation is 3. The van der Waals surface area contributed by atoms with Crippen LogP contribution in [0.25, 0.3) is 0 Å². The number of hydrogen-bond donors (Lipinski definition) is 2. The van der Waals surface area contributed by atoms with Gasteiger partial charge in [-0.3, -0.25) is 4.79 Å². The van der Waals surface area contributed by atoms with Crippen LogP contribution in [0.1, 0.15) is 32.6 Å².